The molecule has 138 valence electrons. The fraction of sp³-hybridized carbons (Fsp3) is 0.647. The van der Waals surface area contributed by atoms with E-state index in [2.05, 4.69) is 6.92 Å². The Morgan fingerprint density at radius 3 is 2.36 bits per heavy atom. The van der Waals surface area contributed by atoms with Gasteiger partial charge in [-0.05, 0) is 37.3 Å². The molecule has 2 aliphatic rings. The zero-order valence-corrected chi connectivity index (χ0v) is 15.4. The molecule has 0 bridgehead atoms. The van der Waals surface area contributed by atoms with Gasteiger partial charge in [0.15, 0.2) is 0 Å². The molecule has 1 unspecified atom stereocenters. The van der Waals surface area contributed by atoms with Crippen molar-refractivity contribution in [1.29, 1.82) is 0 Å². The Morgan fingerprint density at radius 1 is 1.12 bits per heavy atom. The van der Waals surface area contributed by atoms with Crippen molar-refractivity contribution in [3.63, 3.8) is 0 Å². The number of hydrogen-bond acceptors (Lipinski definition) is 5. The third-order valence-electron chi connectivity index (χ3n) is 5.11. The molecule has 1 aromatic rings. The maximum absolute atomic E-state index is 12.9. The van der Waals surface area contributed by atoms with Gasteiger partial charge in [0, 0.05) is 32.2 Å². The van der Waals surface area contributed by atoms with Crippen LogP contribution in [0.5, 0.6) is 0 Å². The van der Waals surface area contributed by atoms with Crippen LogP contribution in [-0.2, 0) is 10.0 Å². The van der Waals surface area contributed by atoms with Gasteiger partial charge in [-0.25, -0.2) is 8.42 Å². The molecule has 0 aromatic heterocycles. The topological polar surface area (TPSA) is 83.8 Å². The monoisotopic (exact) mass is 367 g/mol. The van der Waals surface area contributed by atoms with E-state index in [-0.39, 0.29) is 10.6 Å². The second-order valence-electron chi connectivity index (χ2n) is 7.07. The maximum Gasteiger partial charge on any atom is 0.293 e. The molecule has 3 rings (SSSR count). The van der Waals surface area contributed by atoms with Gasteiger partial charge in [-0.1, -0.05) is 19.8 Å². The van der Waals surface area contributed by atoms with Crippen molar-refractivity contribution < 1.29 is 13.3 Å². The van der Waals surface area contributed by atoms with Crippen molar-refractivity contribution in [3.8, 4) is 0 Å². The summed E-state index contributed by atoms with van der Waals surface area (Å²) in [6, 6.07) is 4.35. The van der Waals surface area contributed by atoms with Crippen LogP contribution in [0.1, 0.15) is 39.0 Å². The number of nitro groups is 1. The number of hydrogen-bond donors (Lipinski definition) is 0. The molecular weight excluding hydrogens is 342 g/mol. The van der Waals surface area contributed by atoms with Gasteiger partial charge in [-0.3, -0.25) is 10.1 Å². The first-order valence-corrected chi connectivity index (χ1v) is 10.4. The van der Waals surface area contributed by atoms with E-state index in [0.717, 1.165) is 45.2 Å². The van der Waals surface area contributed by atoms with E-state index in [1.54, 1.807) is 6.07 Å². The predicted octanol–water partition coefficient (Wildman–Crippen LogP) is 3.01. The molecule has 0 saturated carbocycles. The highest BCUT2D eigenvalue weighted by atomic mass is 32.2. The van der Waals surface area contributed by atoms with Gasteiger partial charge in [0.25, 0.3) is 5.69 Å². The SMILES string of the molecule is CC1CCN(c2ccc(S(=O)(=O)N3CCCCCC3)cc2[N+](=O)[O-])C1. The normalized spacial score (nSPS) is 22.8. The summed E-state index contributed by atoms with van der Waals surface area (Å²) in [6.45, 7) is 4.62. The van der Waals surface area contributed by atoms with Gasteiger partial charge < -0.3 is 4.90 Å². The number of nitro benzene ring substituents is 1. The summed E-state index contributed by atoms with van der Waals surface area (Å²) in [5.74, 6) is 0.486. The molecule has 2 fully saturated rings. The third kappa shape index (κ3) is 3.79. The summed E-state index contributed by atoms with van der Waals surface area (Å²) < 4.78 is 27.2. The molecule has 2 heterocycles. The summed E-state index contributed by atoms with van der Waals surface area (Å²) in [5, 5.41) is 11.5. The molecule has 7 nitrogen and oxygen atoms in total. The highest BCUT2D eigenvalue weighted by Gasteiger charge is 2.30. The van der Waals surface area contributed by atoms with E-state index < -0.39 is 14.9 Å². The summed E-state index contributed by atoms with van der Waals surface area (Å²) in [4.78, 5) is 13.1. The first kappa shape index (κ1) is 18.1. The zero-order valence-electron chi connectivity index (χ0n) is 14.6. The van der Waals surface area contributed by atoms with Crippen LogP contribution in [0.4, 0.5) is 11.4 Å². The molecule has 8 heteroatoms. The number of sulfonamides is 1. The van der Waals surface area contributed by atoms with Gasteiger partial charge in [0.2, 0.25) is 10.0 Å². The minimum absolute atomic E-state index is 0.0251. The summed E-state index contributed by atoms with van der Waals surface area (Å²) in [6.07, 6.45) is 4.72. The van der Waals surface area contributed by atoms with Gasteiger partial charge in [0.05, 0.1) is 9.82 Å². The molecule has 2 aliphatic heterocycles. The van der Waals surface area contributed by atoms with Crippen LogP contribution in [0.3, 0.4) is 0 Å². The first-order valence-electron chi connectivity index (χ1n) is 8.93. The molecule has 0 aliphatic carbocycles. The highest BCUT2D eigenvalue weighted by molar-refractivity contribution is 7.89. The predicted molar refractivity (Wildman–Crippen MR) is 96.3 cm³/mol. The van der Waals surface area contributed by atoms with Crippen molar-refractivity contribution in [2.75, 3.05) is 31.1 Å². The van der Waals surface area contributed by atoms with Crippen LogP contribution in [0, 0.1) is 16.0 Å². The van der Waals surface area contributed by atoms with Crippen molar-refractivity contribution in [1.82, 2.24) is 4.31 Å². The van der Waals surface area contributed by atoms with E-state index in [1.165, 1.54) is 16.4 Å². The van der Waals surface area contributed by atoms with E-state index in [1.807, 2.05) is 4.90 Å². The van der Waals surface area contributed by atoms with Crippen molar-refractivity contribution in [2.45, 2.75) is 43.9 Å². The molecule has 0 N–H and O–H groups in total. The molecule has 25 heavy (non-hydrogen) atoms. The smallest absolute Gasteiger partial charge is 0.293 e. The molecule has 0 amide bonds. The molecule has 2 saturated heterocycles. The molecule has 1 atom stereocenters. The average molecular weight is 367 g/mol. The first-order chi connectivity index (χ1) is 11.9. The highest BCUT2D eigenvalue weighted by Crippen LogP contribution is 2.35. The number of rotatable bonds is 4. The largest absolute Gasteiger partial charge is 0.366 e. The van der Waals surface area contributed by atoms with Crippen LogP contribution in [0.2, 0.25) is 0 Å². The molecular formula is C17H25N3O4S. The van der Waals surface area contributed by atoms with E-state index in [9.17, 15) is 18.5 Å². The quantitative estimate of drug-likeness (QED) is 0.603. The molecule has 0 radical (unpaired) electrons. The Bertz CT molecular complexity index is 742. The Morgan fingerprint density at radius 2 is 1.80 bits per heavy atom. The van der Waals surface area contributed by atoms with Gasteiger partial charge in [-0.15, -0.1) is 0 Å². The van der Waals surface area contributed by atoms with E-state index in [4.69, 9.17) is 0 Å². The Hall–Kier alpha value is -1.67. The Labute approximate surface area is 148 Å². The lowest BCUT2D eigenvalue weighted by molar-refractivity contribution is -0.384. The maximum atomic E-state index is 12.9. The van der Waals surface area contributed by atoms with E-state index in [0.29, 0.717) is 24.7 Å². The lowest BCUT2D eigenvalue weighted by Crippen LogP contribution is -2.32. The molecule has 1 aromatic carbocycles. The Kier molecular flexibility index (Phi) is 5.29. The lowest BCUT2D eigenvalue weighted by Gasteiger charge is -2.22. The van der Waals surface area contributed by atoms with Gasteiger partial charge in [0.1, 0.15) is 5.69 Å². The second-order valence-corrected chi connectivity index (χ2v) is 9.00. The summed E-state index contributed by atoms with van der Waals surface area (Å²) in [5.41, 5.74) is 0.397. The summed E-state index contributed by atoms with van der Waals surface area (Å²) >= 11 is 0. The van der Waals surface area contributed by atoms with E-state index >= 15 is 0 Å². The minimum Gasteiger partial charge on any atom is -0.366 e. The minimum atomic E-state index is -3.68. The Balaban J connectivity index is 1.94. The zero-order chi connectivity index (χ0) is 18.0. The van der Waals surface area contributed by atoms with Crippen molar-refractivity contribution in [3.05, 3.63) is 28.3 Å². The second kappa shape index (κ2) is 7.29. The van der Waals surface area contributed by atoms with Crippen LogP contribution < -0.4 is 4.90 Å². The van der Waals surface area contributed by atoms with Crippen LogP contribution in [0.25, 0.3) is 0 Å². The fourth-order valence-electron chi connectivity index (χ4n) is 3.66. The number of nitrogens with zero attached hydrogens (tertiary/aromatic N) is 3. The molecule has 0 spiro atoms. The van der Waals surface area contributed by atoms with Crippen LogP contribution in [-0.4, -0.2) is 43.8 Å². The fourth-order valence-corrected chi connectivity index (χ4v) is 5.20. The lowest BCUT2D eigenvalue weighted by atomic mass is 10.2. The standard InChI is InChI=1S/C17H25N3O4S/c1-14-8-11-18(13-14)16-7-6-15(12-17(16)20(21)22)25(23,24)19-9-4-2-3-5-10-19/h6-7,12,14H,2-5,8-11,13H2,1H3. The van der Waals surface area contributed by atoms with Crippen LogP contribution >= 0.6 is 0 Å². The van der Waals surface area contributed by atoms with Gasteiger partial charge in [-0.2, -0.15) is 4.31 Å². The average Bonchev–Trinajstić information content (AvgIpc) is 2.84. The van der Waals surface area contributed by atoms with Crippen molar-refractivity contribution >= 4 is 21.4 Å². The third-order valence-corrected chi connectivity index (χ3v) is 7.01. The summed E-state index contributed by atoms with van der Waals surface area (Å²) in [7, 11) is -3.68. The number of benzene rings is 1. The van der Waals surface area contributed by atoms with Crippen molar-refractivity contribution in [2.24, 2.45) is 5.92 Å². The van der Waals surface area contributed by atoms with Gasteiger partial charge >= 0.3 is 0 Å². The number of anilines is 1. The van der Waals surface area contributed by atoms with Crippen LogP contribution in [0.15, 0.2) is 23.1 Å².